The molecule has 0 saturated heterocycles. The zero-order valence-corrected chi connectivity index (χ0v) is 17.0. The van der Waals surface area contributed by atoms with Crippen molar-refractivity contribution in [3.63, 3.8) is 0 Å². The molecule has 2 nitrogen and oxygen atoms in total. The maximum Gasteiger partial charge on any atom is 0.313 e. The third-order valence-corrected chi connectivity index (χ3v) is 7.94. The van der Waals surface area contributed by atoms with E-state index in [4.69, 9.17) is 4.18 Å². The van der Waals surface area contributed by atoms with Crippen LogP contribution in [0.25, 0.3) is 0 Å². The number of rotatable bonds is 6. The Morgan fingerprint density at radius 3 is 1.48 bits per heavy atom. The molecule has 3 heteroatoms. The molecule has 0 aliphatic heterocycles. The monoisotopic (exact) mass is 378 g/mol. The summed E-state index contributed by atoms with van der Waals surface area (Å²) < 4.78 is 6.19. The second-order valence-electron chi connectivity index (χ2n) is 6.44. The van der Waals surface area contributed by atoms with E-state index in [9.17, 15) is 4.79 Å². The summed E-state index contributed by atoms with van der Waals surface area (Å²) in [5.41, 5.74) is 2.54. The van der Waals surface area contributed by atoms with E-state index in [0.29, 0.717) is 0 Å². The van der Waals surface area contributed by atoms with Crippen LogP contribution < -0.4 is 0 Å². The Labute approximate surface area is 163 Å². The predicted octanol–water partition coefficient (Wildman–Crippen LogP) is 6.57. The van der Waals surface area contributed by atoms with Crippen LogP contribution in [0.1, 0.15) is 31.9 Å². The highest BCUT2D eigenvalue weighted by atomic mass is 32.3. The summed E-state index contributed by atoms with van der Waals surface area (Å²) in [7, 11) is -2.13. The highest BCUT2D eigenvalue weighted by molar-refractivity contribution is 8.30. The lowest BCUT2D eigenvalue weighted by Gasteiger charge is -2.39. The Balaban J connectivity index is 2.28. The molecule has 0 spiro atoms. The first-order chi connectivity index (χ1) is 13.1. The van der Waals surface area contributed by atoms with Gasteiger partial charge in [0.05, 0.1) is 0 Å². The molecule has 0 amide bonds. The van der Waals surface area contributed by atoms with Crippen molar-refractivity contribution >= 4 is 16.3 Å². The molecule has 0 fully saturated rings. The van der Waals surface area contributed by atoms with Gasteiger partial charge in [0, 0.05) is 21.6 Å². The van der Waals surface area contributed by atoms with Crippen molar-refractivity contribution in [2.45, 2.75) is 48.3 Å². The van der Waals surface area contributed by atoms with Gasteiger partial charge in [0.15, 0.2) is 0 Å². The second-order valence-corrected chi connectivity index (χ2v) is 9.13. The molecule has 0 aliphatic rings. The second kappa shape index (κ2) is 8.45. The molecule has 140 valence electrons. The first-order valence-electron chi connectivity index (χ1n) is 9.36. The topological polar surface area (TPSA) is 26.3 Å². The maximum atomic E-state index is 12.2. The fourth-order valence-electron chi connectivity index (χ4n) is 3.17. The summed E-state index contributed by atoms with van der Waals surface area (Å²) in [4.78, 5) is 15.3. The van der Waals surface area contributed by atoms with Gasteiger partial charge < -0.3 is 4.18 Å². The summed E-state index contributed by atoms with van der Waals surface area (Å²) in [6, 6.07) is 27.1. The van der Waals surface area contributed by atoms with Gasteiger partial charge in [-0.2, -0.15) is 0 Å². The molecular weight excluding hydrogens is 352 g/mol. The number of aryl methyl sites for hydroxylation is 2. The van der Waals surface area contributed by atoms with Crippen LogP contribution in [0.2, 0.25) is 0 Å². The van der Waals surface area contributed by atoms with Crippen molar-refractivity contribution in [3.8, 4) is 0 Å². The molecule has 0 N–H and O–H groups in total. The minimum absolute atomic E-state index is 0.270. The average Bonchev–Trinajstić information content (AvgIpc) is 2.73. The lowest BCUT2D eigenvalue weighted by Crippen LogP contribution is -2.11. The Bertz CT molecular complexity index is 836. The normalized spacial score (nSPS) is 11.8. The van der Waals surface area contributed by atoms with Crippen molar-refractivity contribution in [1.29, 1.82) is 0 Å². The summed E-state index contributed by atoms with van der Waals surface area (Å²) in [5, 5.41) is 0. The first-order valence-corrected chi connectivity index (χ1v) is 10.9. The maximum absolute atomic E-state index is 12.2. The van der Waals surface area contributed by atoms with Gasteiger partial charge in [0.2, 0.25) is 0 Å². The molecule has 27 heavy (non-hydrogen) atoms. The van der Waals surface area contributed by atoms with Crippen molar-refractivity contribution in [1.82, 2.24) is 0 Å². The molecule has 3 aromatic rings. The Morgan fingerprint density at radius 2 is 1.11 bits per heavy atom. The lowest BCUT2D eigenvalue weighted by atomic mass is 10.2. The van der Waals surface area contributed by atoms with Gasteiger partial charge in [-0.15, -0.1) is 0 Å². The molecule has 0 bridgehead atoms. The van der Waals surface area contributed by atoms with Crippen LogP contribution in [-0.4, -0.2) is 5.97 Å². The van der Waals surface area contributed by atoms with E-state index in [2.05, 4.69) is 74.5 Å². The molecule has 3 aromatic carbocycles. The third-order valence-electron chi connectivity index (χ3n) is 4.64. The van der Waals surface area contributed by atoms with Crippen LogP contribution in [0.4, 0.5) is 0 Å². The Morgan fingerprint density at radius 1 is 0.704 bits per heavy atom. The minimum atomic E-state index is -2.13. The van der Waals surface area contributed by atoms with E-state index in [1.54, 1.807) is 0 Å². The van der Waals surface area contributed by atoms with E-state index in [-0.39, 0.29) is 5.97 Å². The molecule has 0 saturated carbocycles. The third kappa shape index (κ3) is 3.93. The molecule has 3 rings (SSSR count). The lowest BCUT2D eigenvalue weighted by molar-refractivity contribution is -0.131. The molecule has 0 aliphatic carbocycles. The van der Waals surface area contributed by atoms with Crippen molar-refractivity contribution in [2.24, 2.45) is 0 Å². The Hall–Kier alpha value is -2.52. The van der Waals surface area contributed by atoms with E-state index < -0.39 is 10.3 Å². The fourth-order valence-corrected chi connectivity index (χ4v) is 6.21. The van der Waals surface area contributed by atoms with Crippen molar-refractivity contribution in [3.05, 3.63) is 90.0 Å². The van der Waals surface area contributed by atoms with Gasteiger partial charge in [-0.05, 0) is 70.7 Å². The quantitative estimate of drug-likeness (QED) is 0.485. The summed E-state index contributed by atoms with van der Waals surface area (Å²) in [6.45, 7) is 5.77. The molecule has 0 heterocycles. The van der Waals surface area contributed by atoms with Crippen LogP contribution in [0.15, 0.2) is 93.5 Å². The van der Waals surface area contributed by atoms with E-state index in [1.807, 2.05) is 18.2 Å². The highest BCUT2D eigenvalue weighted by Gasteiger charge is 2.34. The van der Waals surface area contributed by atoms with Gasteiger partial charge >= 0.3 is 5.97 Å². The van der Waals surface area contributed by atoms with Crippen LogP contribution in [0.3, 0.4) is 0 Å². The number of hydrogen-bond acceptors (Lipinski definition) is 2. The largest absolute Gasteiger partial charge is 0.402 e. The summed E-state index contributed by atoms with van der Waals surface area (Å²) in [5.74, 6) is -0.270. The minimum Gasteiger partial charge on any atom is -0.402 e. The zero-order valence-electron chi connectivity index (χ0n) is 16.1. The first kappa shape index (κ1) is 19.2. The average molecular weight is 379 g/mol. The van der Waals surface area contributed by atoms with Gasteiger partial charge in [0.1, 0.15) is 0 Å². The molecule has 0 radical (unpaired) electrons. The van der Waals surface area contributed by atoms with Crippen LogP contribution >= 0.6 is 10.3 Å². The molecular formula is C24H26O2S. The summed E-state index contributed by atoms with van der Waals surface area (Å²) in [6.07, 6.45) is 1.96. The highest BCUT2D eigenvalue weighted by Crippen LogP contribution is 2.69. The van der Waals surface area contributed by atoms with Crippen LogP contribution in [-0.2, 0) is 21.8 Å². The number of hydrogen-bond donors (Lipinski definition) is 0. The molecule has 0 atom stereocenters. The van der Waals surface area contributed by atoms with Gasteiger partial charge in [-0.1, -0.05) is 56.3 Å². The summed E-state index contributed by atoms with van der Waals surface area (Å²) >= 11 is 0. The van der Waals surface area contributed by atoms with Crippen molar-refractivity contribution < 1.29 is 8.98 Å². The predicted molar refractivity (Wildman–Crippen MR) is 112 cm³/mol. The van der Waals surface area contributed by atoms with Crippen LogP contribution in [0, 0.1) is 0 Å². The van der Waals surface area contributed by atoms with Gasteiger partial charge in [-0.3, -0.25) is 4.79 Å². The standard InChI is InChI=1S/C24H26O2S/c1-4-20-11-15-23(16-12-20)27(26-19(3)25,22-9-7-6-8-10-22)24-17-13-21(5-2)14-18-24/h6-18H,4-5H2,1-3H3. The number of benzene rings is 3. The SMILES string of the molecule is CCc1ccc(S(OC(C)=O)(c2ccccc2)c2ccc(CC)cc2)cc1. The smallest absolute Gasteiger partial charge is 0.313 e. The van der Waals surface area contributed by atoms with Crippen molar-refractivity contribution in [2.75, 3.05) is 0 Å². The molecule has 0 aromatic heterocycles. The fraction of sp³-hybridized carbons (Fsp3) is 0.208. The van der Waals surface area contributed by atoms with E-state index in [1.165, 1.54) is 18.1 Å². The molecule has 0 unspecified atom stereocenters. The number of carbonyl (C=O) groups is 1. The van der Waals surface area contributed by atoms with Gasteiger partial charge in [0.25, 0.3) is 0 Å². The Kier molecular flexibility index (Phi) is 6.02. The van der Waals surface area contributed by atoms with Gasteiger partial charge in [-0.25, -0.2) is 0 Å². The van der Waals surface area contributed by atoms with Crippen LogP contribution in [0.5, 0.6) is 0 Å². The zero-order chi connectivity index (χ0) is 19.3. The van der Waals surface area contributed by atoms with E-state index >= 15 is 0 Å². The number of carbonyl (C=O) groups excluding carboxylic acids is 1. The van der Waals surface area contributed by atoms with E-state index in [0.717, 1.165) is 27.5 Å².